The topological polar surface area (TPSA) is 98.6 Å². The molecule has 1 aromatic carbocycles. The molecule has 3 aromatic rings. The maximum Gasteiger partial charge on any atom is 0.340 e. The molecular formula is C23H25NO6. The third-order valence-corrected chi connectivity index (χ3v) is 5.16. The van der Waals surface area contributed by atoms with Crippen molar-refractivity contribution >= 4 is 28.7 Å². The Bertz CT molecular complexity index is 1130. The monoisotopic (exact) mass is 411 g/mol. The molecule has 158 valence electrons. The first kappa shape index (κ1) is 21.4. The van der Waals surface area contributed by atoms with E-state index < -0.39 is 24.3 Å². The van der Waals surface area contributed by atoms with Crippen LogP contribution in [0, 0.1) is 27.7 Å². The lowest BCUT2D eigenvalue weighted by Crippen LogP contribution is -2.16. The Morgan fingerprint density at radius 2 is 1.73 bits per heavy atom. The second-order valence-corrected chi connectivity index (χ2v) is 7.30. The molecule has 0 aliphatic carbocycles. The van der Waals surface area contributed by atoms with Gasteiger partial charge in [0.2, 0.25) is 5.78 Å². The number of nitrogens with one attached hydrogen (secondary N) is 1. The minimum atomic E-state index is -0.532. The Hall–Kier alpha value is -3.35. The Morgan fingerprint density at radius 3 is 2.43 bits per heavy atom. The Morgan fingerprint density at radius 1 is 1.03 bits per heavy atom. The first-order valence-electron chi connectivity index (χ1n) is 9.75. The summed E-state index contributed by atoms with van der Waals surface area (Å²) < 4.78 is 15.7. The van der Waals surface area contributed by atoms with E-state index in [4.69, 9.17) is 13.9 Å². The summed E-state index contributed by atoms with van der Waals surface area (Å²) in [5.41, 5.74) is 5.22. The molecule has 7 heteroatoms. The first-order valence-corrected chi connectivity index (χ1v) is 9.75. The van der Waals surface area contributed by atoms with Crippen LogP contribution in [0.5, 0.6) is 0 Å². The van der Waals surface area contributed by atoms with Gasteiger partial charge in [-0.1, -0.05) is 0 Å². The molecule has 0 spiro atoms. The lowest BCUT2D eigenvalue weighted by atomic mass is 10.0. The van der Waals surface area contributed by atoms with Crippen LogP contribution < -0.4 is 0 Å². The van der Waals surface area contributed by atoms with E-state index in [0.29, 0.717) is 28.0 Å². The van der Waals surface area contributed by atoms with Gasteiger partial charge in [-0.05, 0) is 63.4 Å². The van der Waals surface area contributed by atoms with Crippen LogP contribution in [-0.2, 0) is 20.7 Å². The molecule has 3 rings (SSSR count). The Labute approximate surface area is 174 Å². The Kier molecular flexibility index (Phi) is 6.10. The van der Waals surface area contributed by atoms with Gasteiger partial charge in [0, 0.05) is 16.6 Å². The molecule has 0 saturated heterocycles. The lowest BCUT2D eigenvalue weighted by Gasteiger charge is -2.05. The summed E-state index contributed by atoms with van der Waals surface area (Å²) in [4.78, 5) is 39.8. The zero-order valence-corrected chi connectivity index (χ0v) is 17.8. The van der Waals surface area contributed by atoms with Crippen LogP contribution in [0.25, 0.3) is 11.0 Å². The maximum atomic E-state index is 12.5. The summed E-state index contributed by atoms with van der Waals surface area (Å²) >= 11 is 0. The van der Waals surface area contributed by atoms with Crippen molar-refractivity contribution in [2.45, 2.75) is 41.0 Å². The summed E-state index contributed by atoms with van der Waals surface area (Å²) in [6, 6.07) is 3.91. The molecule has 0 atom stereocenters. The summed E-state index contributed by atoms with van der Waals surface area (Å²) in [6.45, 7) is 8.87. The van der Waals surface area contributed by atoms with E-state index in [1.165, 1.54) is 6.26 Å². The number of benzene rings is 1. The summed E-state index contributed by atoms with van der Waals surface area (Å²) in [5.74, 6) is -1.43. The van der Waals surface area contributed by atoms with Crippen LogP contribution in [-0.4, -0.2) is 35.9 Å². The third kappa shape index (κ3) is 4.15. The molecule has 0 aliphatic rings. The number of rotatable bonds is 7. The number of hydrogen-bond donors (Lipinski definition) is 1. The van der Waals surface area contributed by atoms with E-state index in [2.05, 4.69) is 4.98 Å². The molecule has 0 bridgehead atoms. The largest absolute Gasteiger partial charge is 0.464 e. The number of H-pyrrole nitrogens is 1. The predicted molar refractivity (Wildman–Crippen MR) is 111 cm³/mol. The molecule has 0 amide bonds. The Balaban J connectivity index is 1.67. The molecule has 0 saturated carbocycles. The first-order chi connectivity index (χ1) is 14.2. The zero-order chi connectivity index (χ0) is 22.0. The zero-order valence-electron chi connectivity index (χ0n) is 17.8. The number of carbonyl (C=O) groups is 3. The van der Waals surface area contributed by atoms with Crippen molar-refractivity contribution < 1.29 is 28.3 Å². The van der Waals surface area contributed by atoms with Crippen molar-refractivity contribution in [1.82, 2.24) is 4.98 Å². The standard InChI is InChI=1S/C23H25NO6/c1-6-28-23(27)21-14(4)22(24-15(21)5)18(25)11-30-20(26)9-16-10-29-19-8-13(3)12(2)7-17(16)19/h7-8,10,24H,6,9,11H2,1-5H3. The highest BCUT2D eigenvalue weighted by molar-refractivity contribution is 6.02. The minimum absolute atomic E-state index is 0.000404. The van der Waals surface area contributed by atoms with Gasteiger partial charge in [-0.15, -0.1) is 0 Å². The number of fused-ring (bicyclic) bond motifs is 1. The van der Waals surface area contributed by atoms with Gasteiger partial charge in [0.1, 0.15) is 5.58 Å². The van der Waals surface area contributed by atoms with Gasteiger partial charge in [0.25, 0.3) is 0 Å². The lowest BCUT2D eigenvalue weighted by molar-refractivity contribution is -0.141. The fraction of sp³-hybridized carbons (Fsp3) is 0.348. The molecule has 2 aromatic heterocycles. The van der Waals surface area contributed by atoms with E-state index in [-0.39, 0.29) is 18.7 Å². The molecule has 0 fully saturated rings. The highest BCUT2D eigenvalue weighted by Crippen LogP contribution is 2.25. The van der Waals surface area contributed by atoms with Crippen molar-refractivity contribution in [1.29, 1.82) is 0 Å². The van der Waals surface area contributed by atoms with Gasteiger partial charge in [0.05, 0.1) is 30.5 Å². The van der Waals surface area contributed by atoms with Gasteiger partial charge in [0.15, 0.2) is 6.61 Å². The fourth-order valence-corrected chi connectivity index (χ4v) is 3.44. The number of Topliss-reactive ketones (excluding diaryl/α,β-unsaturated/α-hetero) is 1. The molecule has 0 aliphatic heterocycles. The second-order valence-electron chi connectivity index (χ2n) is 7.30. The molecule has 30 heavy (non-hydrogen) atoms. The van der Waals surface area contributed by atoms with E-state index in [1.807, 2.05) is 26.0 Å². The fourth-order valence-electron chi connectivity index (χ4n) is 3.44. The number of hydrogen-bond acceptors (Lipinski definition) is 6. The minimum Gasteiger partial charge on any atom is -0.464 e. The van der Waals surface area contributed by atoms with Crippen molar-refractivity contribution in [2.75, 3.05) is 13.2 Å². The van der Waals surface area contributed by atoms with Crippen LogP contribution in [0.4, 0.5) is 0 Å². The molecule has 0 radical (unpaired) electrons. The molecule has 2 heterocycles. The van der Waals surface area contributed by atoms with Crippen LogP contribution >= 0.6 is 0 Å². The third-order valence-electron chi connectivity index (χ3n) is 5.16. The van der Waals surface area contributed by atoms with Gasteiger partial charge in [-0.3, -0.25) is 9.59 Å². The predicted octanol–water partition coefficient (Wildman–Crippen LogP) is 4.14. The SMILES string of the molecule is CCOC(=O)c1c(C)[nH]c(C(=O)COC(=O)Cc2coc3cc(C)c(C)cc23)c1C. The quantitative estimate of drug-likeness (QED) is 0.463. The molecule has 1 N–H and O–H groups in total. The van der Waals surface area contributed by atoms with Crippen LogP contribution in [0.1, 0.15) is 55.7 Å². The average Bonchev–Trinajstić information content (AvgIpc) is 3.20. The average molecular weight is 411 g/mol. The molecule has 0 unspecified atom stereocenters. The van der Waals surface area contributed by atoms with E-state index in [9.17, 15) is 14.4 Å². The number of ketones is 1. The summed E-state index contributed by atoms with van der Waals surface area (Å²) in [6.07, 6.45) is 1.54. The van der Waals surface area contributed by atoms with Crippen molar-refractivity contribution in [2.24, 2.45) is 0 Å². The van der Waals surface area contributed by atoms with E-state index >= 15 is 0 Å². The normalized spacial score (nSPS) is 11.0. The van der Waals surface area contributed by atoms with Crippen LogP contribution in [0.2, 0.25) is 0 Å². The van der Waals surface area contributed by atoms with Gasteiger partial charge in [-0.2, -0.15) is 0 Å². The molecule has 7 nitrogen and oxygen atoms in total. The number of aromatic nitrogens is 1. The summed E-state index contributed by atoms with van der Waals surface area (Å²) in [7, 11) is 0. The van der Waals surface area contributed by atoms with Crippen molar-refractivity contribution in [3.8, 4) is 0 Å². The van der Waals surface area contributed by atoms with Gasteiger partial charge >= 0.3 is 11.9 Å². The highest BCUT2D eigenvalue weighted by atomic mass is 16.5. The van der Waals surface area contributed by atoms with Gasteiger partial charge in [-0.25, -0.2) is 4.79 Å². The number of esters is 2. The van der Waals surface area contributed by atoms with E-state index in [0.717, 1.165) is 16.5 Å². The summed E-state index contributed by atoms with van der Waals surface area (Å²) in [5, 5.41) is 0.858. The van der Waals surface area contributed by atoms with Crippen LogP contribution in [0.3, 0.4) is 0 Å². The highest BCUT2D eigenvalue weighted by Gasteiger charge is 2.23. The van der Waals surface area contributed by atoms with Gasteiger partial charge < -0.3 is 18.9 Å². The second kappa shape index (κ2) is 8.57. The number of ether oxygens (including phenoxy) is 2. The smallest absolute Gasteiger partial charge is 0.340 e. The number of aromatic amines is 1. The van der Waals surface area contributed by atoms with Crippen molar-refractivity contribution in [3.63, 3.8) is 0 Å². The molecular weight excluding hydrogens is 386 g/mol. The number of aryl methyl sites for hydroxylation is 3. The van der Waals surface area contributed by atoms with Crippen molar-refractivity contribution in [3.05, 3.63) is 57.6 Å². The van der Waals surface area contributed by atoms with Crippen LogP contribution in [0.15, 0.2) is 22.8 Å². The number of carbonyl (C=O) groups excluding carboxylic acids is 3. The van der Waals surface area contributed by atoms with E-state index in [1.54, 1.807) is 20.8 Å². The maximum absolute atomic E-state index is 12.5. The number of furan rings is 1.